The maximum atomic E-state index is 13.0. The van der Waals surface area contributed by atoms with E-state index >= 15 is 0 Å². The third-order valence-corrected chi connectivity index (χ3v) is 4.90. The minimum Gasteiger partial charge on any atom is -0.478 e. The van der Waals surface area contributed by atoms with Crippen LogP contribution in [0.25, 0.3) is 0 Å². The maximum absolute atomic E-state index is 13.0. The number of hydrogen-bond acceptors (Lipinski definition) is 2. The van der Waals surface area contributed by atoms with Gasteiger partial charge in [-0.1, -0.05) is 24.3 Å². The molecule has 1 aliphatic heterocycles. The van der Waals surface area contributed by atoms with Crippen LogP contribution in [-0.2, 0) is 17.6 Å². The van der Waals surface area contributed by atoms with Crippen molar-refractivity contribution in [3.63, 3.8) is 0 Å². The van der Waals surface area contributed by atoms with Gasteiger partial charge < -0.3 is 10.0 Å². The molecule has 0 aromatic heterocycles. The average molecular weight is 355 g/mol. The molecule has 1 amide bonds. The Kier molecular flexibility index (Phi) is 5.66. The van der Waals surface area contributed by atoms with Crippen LogP contribution >= 0.6 is 0 Å². The normalized spacial score (nSPS) is 16.7. The van der Waals surface area contributed by atoms with E-state index in [1.807, 2.05) is 4.90 Å². The molecule has 1 N–H and O–H groups in total. The van der Waals surface area contributed by atoms with Gasteiger partial charge in [-0.25, -0.2) is 9.18 Å². The summed E-state index contributed by atoms with van der Waals surface area (Å²) in [5, 5.41) is 8.90. The molecule has 4 nitrogen and oxygen atoms in total. The summed E-state index contributed by atoms with van der Waals surface area (Å²) in [6.45, 7) is 1.51. The minimum atomic E-state index is -0.947. The number of carbonyl (C=O) groups excluding carboxylic acids is 1. The SMILES string of the molecule is O=C(O)c1ccc(CCC(=O)N2CCC(Cc3ccc(F)cc3)C2)cc1. The standard InChI is InChI=1S/C21H22FNO3/c22-19-8-3-16(4-9-19)13-17-11-12-23(14-17)20(24)10-5-15-1-6-18(7-2-15)21(25)26/h1-4,6-9,17H,5,10-14H2,(H,25,26). The topological polar surface area (TPSA) is 57.6 Å². The second kappa shape index (κ2) is 8.13. The van der Waals surface area contributed by atoms with Gasteiger partial charge in [-0.15, -0.1) is 0 Å². The van der Waals surface area contributed by atoms with Gasteiger partial charge in [0.05, 0.1) is 5.56 Å². The van der Waals surface area contributed by atoms with Crippen molar-refractivity contribution in [3.8, 4) is 0 Å². The Labute approximate surface area is 152 Å². The van der Waals surface area contributed by atoms with Crippen LogP contribution in [0.4, 0.5) is 4.39 Å². The Hall–Kier alpha value is -2.69. The molecule has 26 heavy (non-hydrogen) atoms. The average Bonchev–Trinajstić information content (AvgIpc) is 3.10. The van der Waals surface area contributed by atoms with Crippen LogP contribution in [-0.4, -0.2) is 35.0 Å². The number of amides is 1. The molecule has 0 saturated carbocycles. The van der Waals surface area contributed by atoms with Crippen molar-refractivity contribution in [2.24, 2.45) is 5.92 Å². The van der Waals surface area contributed by atoms with E-state index in [2.05, 4.69) is 0 Å². The number of halogens is 1. The number of likely N-dealkylation sites (tertiary alicyclic amines) is 1. The fourth-order valence-electron chi connectivity index (χ4n) is 3.40. The third kappa shape index (κ3) is 4.69. The fourth-order valence-corrected chi connectivity index (χ4v) is 3.40. The first-order chi connectivity index (χ1) is 12.5. The zero-order valence-corrected chi connectivity index (χ0v) is 14.5. The molecule has 1 fully saturated rings. The maximum Gasteiger partial charge on any atom is 0.335 e. The van der Waals surface area contributed by atoms with Gasteiger partial charge in [-0.05, 0) is 60.6 Å². The van der Waals surface area contributed by atoms with Gasteiger partial charge in [0.2, 0.25) is 5.91 Å². The van der Waals surface area contributed by atoms with E-state index in [9.17, 15) is 14.0 Å². The molecule has 1 heterocycles. The number of nitrogens with zero attached hydrogens (tertiary/aromatic N) is 1. The highest BCUT2D eigenvalue weighted by Gasteiger charge is 2.26. The highest BCUT2D eigenvalue weighted by Crippen LogP contribution is 2.22. The molecule has 1 aliphatic rings. The molecule has 0 radical (unpaired) electrons. The quantitative estimate of drug-likeness (QED) is 0.862. The van der Waals surface area contributed by atoms with Crippen LogP contribution in [0.3, 0.4) is 0 Å². The van der Waals surface area contributed by atoms with Crippen molar-refractivity contribution in [1.82, 2.24) is 4.90 Å². The first-order valence-corrected chi connectivity index (χ1v) is 8.86. The predicted molar refractivity (Wildman–Crippen MR) is 96.5 cm³/mol. The Morgan fingerprint density at radius 3 is 2.35 bits per heavy atom. The molecule has 1 saturated heterocycles. The number of carboxylic acid groups (broad SMARTS) is 1. The lowest BCUT2D eigenvalue weighted by Crippen LogP contribution is -2.29. The molecule has 5 heteroatoms. The predicted octanol–water partition coefficient (Wildman–Crippen LogP) is 3.55. The van der Waals surface area contributed by atoms with Crippen LogP contribution in [0.1, 0.15) is 34.3 Å². The second-order valence-corrected chi connectivity index (χ2v) is 6.83. The Bertz CT molecular complexity index is 771. The van der Waals surface area contributed by atoms with Crippen LogP contribution in [0, 0.1) is 11.7 Å². The minimum absolute atomic E-state index is 0.133. The number of aromatic carboxylic acids is 1. The van der Waals surface area contributed by atoms with E-state index in [4.69, 9.17) is 5.11 Å². The number of carboxylic acids is 1. The van der Waals surface area contributed by atoms with Crippen LogP contribution in [0.2, 0.25) is 0 Å². The molecule has 136 valence electrons. The number of carbonyl (C=O) groups is 2. The van der Waals surface area contributed by atoms with Crippen molar-refractivity contribution in [1.29, 1.82) is 0 Å². The van der Waals surface area contributed by atoms with Crippen LogP contribution in [0.15, 0.2) is 48.5 Å². The highest BCUT2D eigenvalue weighted by atomic mass is 19.1. The lowest BCUT2D eigenvalue weighted by atomic mass is 9.99. The van der Waals surface area contributed by atoms with E-state index in [0.29, 0.717) is 18.8 Å². The Morgan fingerprint density at radius 2 is 1.69 bits per heavy atom. The smallest absolute Gasteiger partial charge is 0.335 e. The molecular formula is C21H22FNO3. The number of rotatable bonds is 6. The van der Waals surface area contributed by atoms with Gasteiger partial charge in [0.25, 0.3) is 0 Å². The zero-order valence-electron chi connectivity index (χ0n) is 14.5. The summed E-state index contributed by atoms with van der Waals surface area (Å²) in [6, 6.07) is 13.2. The summed E-state index contributed by atoms with van der Waals surface area (Å²) in [6.07, 6.45) is 2.87. The monoisotopic (exact) mass is 355 g/mol. The van der Waals surface area contributed by atoms with Crippen molar-refractivity contribution >= 4 is 11.9 Å². The van der Waals surface area contributed by atoms with Crippen molar-refractivity contribution in [2.75, 3.05) is 13.1 Å². The lowest BCUT2D eigenvalue weighted by Gasteiger charge is -2.17. The largest absolute Gasteiger partial charge is 0.478 e. The summed E-state index contributed by atoms with van der Waals surface area (Å²) in [5.74, 6) is -0.626. The summed E-state index contributed by atoms with van der Waals surface area (Å²) >= 11 is 0. The van der Waals surface area contributed by atoms with E-state index in [-0.39, 0.29) is 17.3 Å². The molecule has 0 aliphatic carbocycles. The Balaban J connectivity index is 1.46. The molecular weight excluding hydrogens is 333 g/mol. The Morgan fingerprint density at radius 1 is 1.04 bits per heavy atom. The van der Waals surface area contributed by atoms with E-state index < -0.39 is 5.97 Å². The molecule has 2 aromatic carbocycles. The van der Waals surface area contributed by atoms with Crippen molar-refractivity contribution < 1.29 is 19.1 Å². The third-order valence-electron chi connectivity index (χ3n) is 4.90. The summed E-state index contributed by atoms with van der Waals surface area (Å²) in [4.78, 5) is 25.2. The van der Waals surface area contributed by atoms with E-state index in [0.717, 1.165) is 37.1 Å². The van der Waals surface area contributed by atoms with Crippen molar-refractivity contribution in [3.05, 3.63) is 71.0 Å². The van der Waals surface area contributed by atoms with Gasteiger partial charge in [0.1, 0.15) is 5.82 Å². The van der Waals surface area contributed by atoms with Gasteiger partial charge in [0, 0.05) is 19.5 Å². The van der Waals surface area contributed by atoms with Gasteiger partial charge in [0.15, 0.2) is 0 Å². The number of aryl methyl sites for hydroxylation is 1. The zero-order chi connectivity index (χ0) is 18.5. The summed E-state index contributed by atoms with van der Waals surface area (Å²) in [7, 11) is 0. The molecule has 0 bridgehead atoms. The molecule has 1 atom stereocenters. The number of hydrogen-bond donors (Lipinski definition) is 1. The number of benzene rings is 2. The highest BCUT2D eigenvalue weighted by molar-refractivity contribution is 5.87. The van der Waals surface area contributed by atoms with Crippen molar-refractivity contribution in [2.45, 2.75) is 25.7 Å². The first-order valence-electron chi connectivity index (χ1n) is 8.86. The second-order valence-electron chi connectivity index (χ2n) is 6.83. The van der Waals surface area contributed by atoms with Gasteiger partial charge >= 0.3 is 5.97 Å². The van der Waals surface area contributed by atoms with Crippen LogP contribution < -0.4 is 0 Å². The molecule has 2 aromatic rings. The lowest BCUT2D eigenvalue weighted by molar-refractivity contribution is -0.130. The van der Waals surface area contributed by atoms with Crippen LogP contribution in [0.5, 0.6) is 0 Å². The van der Waals surface area contributed by atoms with E-state index in [1.54, 1.807) is 36.4 Å². The van der Waals surface area contributed by atoms with E-state index in [1.165, 1.54) is 12.1 Å². The van der Waals surface area contributed by atoms with Gasteiger partial charge in [-0.2, -0.15) is 0 Å². The summed E-state index contributed by atoms with van der Waals surface area (Å²) in [5.41, 5.74) is 2.32. The van der Waals surface area contributed by atoms with Gasteiger partial charge in [-0.3, -0.25) is 4.79 Å². The first kappa shape index (κ1) is 18.1. The summed E-state index contributed by atoms with van der Waals surface area (Å²) < 4.78 is 13.0. The molecule has 1 unspecified atom stereocenters. The molecule has 0 spiro atoms. The molecule has 3 rings (SSSR count). The fraction of sp³-hybridized carbons (Fsp3) is 0.333.